The molecule has 2 fully saturated rings. The normalized spacial score (nSPS) is 19.8. The van der Waals surface area contributed by atoms with Crippen LogP contribution in [0.3, 0.4) is 0 Å². The maximum atomic E-state index is 12.3. The third-order valence-electron chi connectivity index (χ3n) is 4.69. The molecule has 1 aromatic rings. The molecule has 0 bridgehead atoms. The zero-order valence-electron chi connectivity index (χ0n) is 12.8. The summed E-state index contributed by atoms with van der Waals surface area (Å²) in [6.45, 7) is 2.90. The first kappa shape index (κ1) is 16.1. The van der Waals surface area contributed by atoms with E-state index in [-0.39, 0.29) is 5.91 Å². The predicted octanol–water partition coefficient (Wildman–Crippen LogP) is 3.55. The fourth-order valence-corrected chi connectivity index (χ4v) is 3.82. The highest BCUT2D eigenvalue weighted by Gasteiger charge is 2.27. The lowest BCUT2D eigenvalue weighted by Crippen LogP contribution is -2.48. The van der Waals surface area contributed by atoms with Gasteiger partial charge in [0, 0.05) is 36.3 Å². The highest BCUT2D eigenvalue weighted by molar-refractivity contribution is 14.1. The highest BCUT2D eigenvalue weighted by atomic mass is 127. The first-order chi connectivity index (χ1) is 10.8. The lowest BCUT2D eigenvalue weighted by molar-refractivity contribution is 0.0927. The van der Waals surface area contributed by atoms with E-state index in [1.807, 2.05) is 35.1 Å². The van der Waals surface area contributed by atoms with Crippen molar-refractivity contribution in [3.63, 3.8) is 0 Å². The third-order valence-corrected chi connectivity index (χ3v) is 5.05. The molecular weight excluding hydrogens is 391 g/mol. The Morgan fingerprint density at radius 3 is 2.50 bits per heavy atom. The van der Waals surface area contributed by atoms with Crippen LogP contribution < -0.4 is 10.2 Å². The smallest absolute Gasteiger partial charge is 0.251 e. The summed E-state index contributed by atoms with van der Waals surface area (Å²) in [6, 6.07) is 8.35. The number of hydrogen-bond donors (Lipinski definition) is 1. The predicted molar refractivity (Wildman–Crippen MR) is 96.5 cm³/mol. The van der Waals surface area contributed by atoms with Crippen molar-refractivity contribution in [2.75, 3.05) is 24.6 Å². The molecule has 0 radical (unpaired) electrons. The van der Waals surface area contributed by atoms with E-state index in [1.54, 1.807) is 0 Å². The number of nitrogens with one attached hydrogen (secondary N) is 1. The fraction of sp³-hybridized carbons (Fsp3) is 0.588. The zero-order valence-corrected chi connectivity index (χ0v) is 14.9. The van der Waals surface area contributed by atoms with E-state index in [1.165, 1.54) is 24.9 Å². The minimum atomic E-state index is 0.0678. The van der Waals surface area contributed by atoms with E-state index in [4.69, 9.17) is 3.07 Å². The van der Waals surface area contributed by atoms with Crippen LogP contribution in [0.2, 0.25) is 0 Å². The number of carbonyl (C=O) groups is 1. The molecule has 5 heteroatoms. The highest BCUT2D eigenvalue weighted by Crippen LogP contribution is 2.25. The SMILES string of the molecule is O=C(NC1CCCCC1)c1ccc(N2CC(COI)C2)cc1. The second kappa shape index (κ2) is 7.64. The molecule has 1 aliphatic carbocycles. The van der Waals surface area contributed by atoms with Crippen LogP contribution in [-0.4, -0.2) is 31.6 Å². The summed E-state index contributed by atoms with van der Waals surface area (Å²) in [6.07, 6.45) is 6.03. The zero-order chi connectivity index (χ0) is 15.4. The molecule has 0 spiro atoms. The minimum Gasteiger partial charge on any atom is -0.371 e. The van der Waals surface area contributed by atoms with Crippen LogP contribution >= 0.6 is 23.0 Å². The number of carbonyl (C=O) groups excluding carboxylic acids is 1. The van der Waals surface area contributed by atoms with Gasteiger partial charge in [-0.05, 0) is 37.1 Å². The van der Waals surface area contributed by atoms with Crippen molar-refractivity contribution in [2.45, 2.75) is 38.1 Å². The standard InChI is InChI=1S/C17H23IN2O2/c18-22-12-13-10-20(11-13)16-8-6-14(7-9-16)17(21)19-15-4-2-1-3-5-15/h6-9,13,15H,1-5,10-12H2,(H,19,21). The molecule has 3 rings (SSSR count). The van der Waals surface area contributed by atoms with E-state index in [9.17, 15) is 4.79 Å². The molecule has 1 N–H and O–H groups in total. The molecule has 1 aliphatic heterocycles. The van der Waals surface area contributed by atoms with Gasteiger partial charge in [-0.25, -0.2) is 0 Å². The Labute approximate surface area is 146 Å². The first-order valence-electron chi connectivity index (χ1n) is 8.15. The molecule has 1 heterocycles. The molecule has 1 saturated carbocycles. The van der Waals surface area contributed by atoms with Crippen molar-refractivity contribution in [3.8, 4) is 0 Å². The second-order valence-electron chi connectivity index (χ2n) is 6.40. The van der Waals surface area contributed by atoms with Gasteiger partial charge in [-0.2, -0.15) is 0 Å². The number of nitrogens with zero attached hydrogens (tertiary/aromatic N) is 1. The molecule has 0 aromatic heterocycles. The van der Waals surface area contributed by atoms with Crippen molar-refractivity contribution >= 4 is 34.6 Å². The van der Waals surface area contributed by atoms with Crippen LogP contribution in [0.25, 0.3) is 0 Å². The van der Waals surface area contributed by atoms with Crippen molar-refractivity contribution in [3.05, 3.63) is 29.8 Å². The van der Waals surface area contributed by atoms with Crippen molar-refractivity contribution < 1.29 is 7.86 Å². The Morgan fingerprint density at radius 1 is 1.18 bits per heavy atom. The van der Waals surface area contributed by atoms with E-state index < -0.39 is 0 Å². The molecule has 1 aromatic carbocycles. The molecule has 1 amide bonds. The fourth-order valence-electron chi connectivity index (χ4n) is 3.31. The number of benzene rings is 1. The van der Waals surface area contributed by atoms with Crippen LogP contribution in [0.1, 0.15) is 42.5 Å². The topological polar surface area (TPSA) is 41.6 Å². The van der Waals surface area contributed by atoms with E-state index in [0.29, 0.717) is 12.0 Å². The summed E-state index contributed by atoms with van der Waals surface area (Å²) >= 11 is 1.95. The van der Waals surface area contributed by atoms with Gasteiger partial charge in [-0.3, -0.25) is 4.79 Å². The molecule has 2 aliphatic rings. The summed E-state index contributed by atoms with van der Waals surface area (Å²) in [4.78, 5) is 14.6. The Balaban J connectivity index is 1.51. The number of anilines is 1. The van der Waals surface area contributed by atoms with Crippen molar-refractivity contribution in [1.29, 1.82) is 0 Å². The van der Waals surface area contributed by atoms with Crippen LogP contribution in [0.5, 0.6) is 0 Å². The van der Waals surface area contributed by atoms with Crippen LogP contribution in [0.4, 0.5) is 5.69 Å². The number of halogens is 1. The maximum Gasteiger partial charge on any atom is 0.251 e. The Bertz CT molecular complexity index is 494. The monoisotopic (exact) mass is 414 g/mol. The quantitative estimate of drug-likeness (QED) is 0.750. The van der Waals surface area contributed by atoms with Gasteiger partial charge >= 0.3 is 0 Å². The summed E-state index contributed by atoms with van der Waals surface area (Å²) in [5, 5.41) is 3.17. The maximum absolute atomic E-state index is 12.3. The molecule has 0 atom stereocenters. The van der Waals surface area contributed by atoms with Gasteiger partial charge in [0.25, 0.3) is 5.91 Å². The van der Waals surface area contributed by atoms with Gasteiger partial charge in [0.15, 0.2) is 0 Å². The lowest BCUT2D eigenvalue weighted by atomic mass is 9.95. The van der Waals surface area contributed by atoms with Gasteiger partial charge in [0.1, 0.15) is 23.0 Å². The minimum absolute atomic E-state index is 0.0678. The van der Waals surface area contributed by atoms with E-state index >= 15 is 0 Å². The molecule has 1 saturated heterocycles. The molecule has 4 nitrogen and oxygen atoms in total. The van der Waals surface area contributed by atoms with Crippen molar-refractivity contribution in [1.82, 2.24) is 5.32 Å². The van der Waals surface area contributed by atoms with Gasteiger partial charge in [-0.15, -0.1) is 0 Å². The van der Waals surface area contributed by atoms with Crippen molar-refractivity contribution in [2.24, 2.45) is 5.92 Å². The summed E-state index contributed by atoms with van der Waals surface area (Å²) in [5.74, 6) is 0.699. The van der Waals surface area contributed by atoms with E-state index in [2.05, 4.69) is 22.3 Å². The average Bonchev–Trinajstić information content (AvgIpc) is 2.52. The summed E-state index contributed by atoms with van der Waals surface area (Å²) in [7, 11) is 0. The Morgan fingerprint density at radius 2 is 1.86 bits per heavy atom. The van der Waals surface area contributed by atoms with Gasteiger partial charge in [0.05, 0.1) is 6.61 Å². The molecule has 0 unspecified atom stereocenters. The van der Waals surface area contributed by atoms with E-state index in [0.717, 1.165) is 38.1 Å². The Kier molecular flexibility index (Phi) is 5.57. The largest absolute Gasteiger partial charge is 0.371 e. The summed E-state index contributed by atoms with van der Waals surface area (Å²) < 4.78 is 5.14. The molecule has 120 valence electrons. The number of amides is 1. The van der Waals surface area contributed by atoms with Crippen LogP contribution in [0.15, 0.2) is 24.3 Å². The third kappa shape index (κ3) is 3.93. The number of hydrogen-bond acceptors (Lipinski definition) is 3. The van der Waals surface area contributed by atoms with Gasteiger partial charge < -0.3 is 13.3 Å². The second-order valence-corrected chi connectivity index (χ2v) is 7.02. The van der Waals surface area contributed by atoms with Gasteiger partial charge in [0.2, 0.25) is 0 Å². The Hall–Kier alpha value is -0.820. The van der Waals surface area contributed by atoms with Crippen LogP contribution in [-0.2, 0) is 3.07 Å². The van der Waals surface area contributed by atoms with Gasteiger partial charge in [-0.1, -0.05) is 19.3 Å². The average molecular weight is 414 g/mol. The summed E-state index contributed by atoms with van der Waals surface area (Å²) in [5.41, 5.74) is 1.96. The number of rotatable bonds is 5. The molecular formula is C17H23IN2O2. The molecule has 22 heavy (non-hydrogen) atoms. The lowest BCUT2D eigenvalue weighted by Gasteiger charge is -2.40. The van der Waals surface area contributed by atoms with Crippen LogP contribution in [0, 0.1) is 5.92 Å². The first-order valence-corrected chi connectivity index (χ1v) is 9.04.